The van der Waals surface area contributed by atoms with Crippen molar-refractivity contribution in [2.24, 2.45) is 0 Å². The van der Waals surface area contributed by atoms with E-state index >= 15 is 0 Å². The number of pyridine rings is 1. The molecule has 0 unspecified atom stereocenters. The van der Waals surface area contributed by atoms with Crippen LogP contribution in [0.3, 0.4) is 0 Å². The van der Waals surface area contributed by atoms with Gasteiger partial charge in [0.2, 0.25) is 0 Å². The summed E-state index contributed by atoms with van der Waals surface area (Å²) in [5.41, 5.74) is 6.55. The van der Waals surface area contributed by atoms with E-state index in [4.69, 9.17) is 0 Å². The van der Waals surface area contributed by atoms with Gasteiger partial charge in [0.15, 0.2) is 0 Å². The fourth-order valence-electron chi connectivity index (χ4n) is 2.54. The van der Waals surface area contributed by atoms with E-state index in [-0.39, 0.29) is 5.91 Å². The molecule has 0 saturated carbocycles. The van der Waals surface area contributed by atoms with Gasteiger partial charge in [-0.05, 0) is 42.0 Å². The smallest absolute Gasteiger partial charge is 0.269 e. The SMILES string of the molecule is CN(NC(=O)c1ccc(CNCc2ccccn2)cc1)c1ccccc1. The van der Waals surface area contributed by atoms with Gasteiger partial charge in [0.25, 0.3) is 5.91 Å². The maximum Gasteiger partial charge on any atom is 0.269 e. The van der Waals surface area contributed by atoms with Crippen molar-refractivity contribution >= 4 is 11.6 Å². The van der Waals surface area contributed by atoms with Crippen molar-refractivity contribution in [2.45, 2.75) is 13.1 Å². The summed E-state index contributed by atoms with van der Waals surface area (Å²) in [6.45, 7) is 1.44. The van der Waals surface area contributed by atoms with Crippen LogP contribution in [-0.2, 0) is 13.1 Å². The Kier molecular flexibility index (Phi) is 5.96. The van der Waals surface area contributed by atoms with Crippen LogP contribution in [0.1, 0.15) is 21.6 Å². The van der Waals surface area contributed by atoms with Gasteiger partial charge < -0.3 is 5.32 Å². The molecule has 0 saturated heterocycles. The molecule has 1 amide bonds. The number of hydrogen-bond donors (Lipinski definition) is 2. The number of aromatic nitrogens is 1. The number of rotatable bonds is 7. The minimum atomic E-state index is -0.135. The van der Waals surface area contributed by atoms with Crippen LogP contribution in [-0.4, -0.2) is 17.9 Å². The largest absolute Gasteiger partial charge is 0.307 e. The van der Waals surface area contributed by atoms with Crippen molar-refractivity contribution in [3.8, 4) is 0 Å². The maximum atomic E-state index is 12.4. The highest BCUT2D eigenvalue weighted by Crippen LogP contribution is 2.10. The molecule has 132 valence electrons. The van der Waals surface area contributed by atoms with E-state index in [9.17, 15) is 4.79 Å². The molecule has 0 aliphatic rings. The zero-order valence-electron chi connectivity index (χ0n) is 14.7. The number of amides is 1. The zero-order valence-corrected chi connectivity index (χ0v) is 14.7. The van der Waals surface area contributed by atoms with E-state index in [1.807, 2.05) is 79.8 Å². The molecule has 0 aliphatic heterocycles. The first-order chi connectivity index (χ1) is 12.7. The first kappa shape index (κ1) is 17.6. The van der Waals surface area contributed by atoms with Gasteiger partial charge in [-0.25, -0.2) is 0 Å². The molecule has 1 aromatic heterocycles. The van der Waals surface area contributed by atoms with Crippen LogP contribution >= 0.6 is 0 Å². The van der Waals surface area contributed by atoms with Crippen LogP contribution in [0.2, 0.25) is 0 Å². The van der Waals surface area contributed by atoms with Gasteiger partial charge in [0.05, 0.1) is 11.4 Å². The normalized spacial score (nSPS) is 10.3. The number of nitrogens with zero attached hydrogens (tertiary/aromatic N) is 2. The Balaban J connectivity index is 1.51. The third kappa shape index (κ3) is 4.91. The summed E-state index contributed by atoms with van der Waals surface area (Å²) in [5, 5.41) is 5.06. The molecule has 26 heavy (non-hydrogen) atoms. The van der Waals surface area contributed by atoms with Gasteiger partial charge in [0, 0.05) is 31.9 Å². The molecule has 0 atom stereocenters. The average molecular weight is 346 g/mol. The Morgan fingerprint density at radius 3 is 2.35 bits per heavy atom. The Labute approximate surface area is 153 Å². The van der Waals surface area contributed by atoms with Crippen molar-refractivity contribution in [1.82, 2.24) is 15.7 Å². The number of para-hydroxylation sites is 1. The minimum absolute atomic E-state index is 0.135. The van der Waals surface area contributed by atoms with E-state index in [1.54, 1.807) is 11.2 Å². The third-order valence-corrected chi connectivity index (χ3v) is 3.99. The fourth-order valence-corrected chi connectivity index (χ4v) is 2.54. The highest BCUT2D eigenvalue weighted by atomic mass is 16.2. The van der Waals surface area contributed by atoms with Gasteiger partial charge in [-0.1, -0.05) is 36.4 Å². The van der Waals surface area contributed by atoms with Crippen molar-refractivity contribution in [3.63, 3.8) is 0 Å². The summed E-state index contributed by atoms with van der Waals surface area (Å²) in [6, 6.07) is 23.2. The molecule has 0 fully saturated rings. The highest BCUT2D eigenvalue weighted by molar-refractivity contribution is 5.95. The second-order valence-corrected chi connectivity index (χ2v) is 5.96. The van der Waals surface area contributed by atoms with E-state index in [0.717, 1.165) is 23.5 Å². The number of carbonyl (C=O) groups excluding carboxylic acids is 1. The summed E-state index contributed by atoms with van der Waals surface area (Å²) in [7, 11) is 1.82. The molecule has 5 heteroatoms. The standard InChI is InChI=1S/C21H22N4O/c1-25(20-8-3-2-4-9-20)24-21(26)18-12-10-17(11-13-18)15-22-16-19-7-5-6-14-23-19/h2-14,22H,15-16H2,1H3,(H,24,26). The van der Waals surface area contributed by atoms with E-state index in [1.165, 1.54) is 0 Å². The minimum Gasteiger partial charge on any atom is -0.307 e. The lowest BCUT2D eigenvalue weighted by Crippen LogP contribution is -2.39. The summed E-state index contributed by atoms with van der Waals surface area (Å²) < 4.78 is 0. The van der Waals surface area contributed by atoms with Crippen LogP contribution < -0.4 is 15.8 Å². The Morgan fingerprint density at radius 1 is 0.923 bits per heavy atom. The number of benzene rings is 2. The molecular weight excluding hydrogens is 324 g/mol. The summed E-state index contributed by atoms with van der Waals surface area (Å²) in [4.78, 5) is 16.6. The summed E-state index contributed by atoms with van der Waals surface area (Å²) in [6.07, 6.45) is 1.79. The lowest BCUT2D eigenvalue weighted by molar-refractivity contribution is 0.0951. The molecule has 0 spiro atoms. The van der Waals surface area contributed by atoms with Crippen LogP contribution in [0.5, 0.6) is 0 Å². The molecule has 1 heterocycles. The predicted molar refractivity (Wildman–Crippen MR) is 104 cm³/mol. The van der Waals surface area contributed by atoms with Crippen LogP contribution in [0.15, 0.2) is 79.0 Å². The molecule has 0 radical (unpaired) electrons. The van der Waals surface area contributed by atoms with Gasteiger partial charge >= 0.3 is 0 Å². The molecule has 3 rings (SSSR count). The predicted octanol–water partition coefficient (Wildman–Crippen LogP) is 3.15. The van der Waals surface area contributed by atoms with Crippen molar-refractivity contribution in [3.05, 3.63) is 95.8 Å². The zero-order chi connectivity index (χ0) is 18.2. The summed E-state index contributed by atoms with van der Waals surface area (Å²) in [5.74, 6) is -0.135. The average Bonchev–Trinajstić information content (AvgIpc) is 2.70. The highest BCUT2D eigenvalue weighted by Gasteiger charge is 2.08. The molecule has 5 nitrogen and oxygen atoms in total. The van der Waals surface area contributed by atoms with Crippen molar-refractivity contribution in [1.29, 1.82) is 0 Å². The van der Waals surface area contributed by atoms with E-state index < -0.39 is 0 Å². The topological polar surface area (TPSA) is 57.3 Å². The third-order valence-electron chi connectivity index (χ3n) is 3.99. The molecular formula is C21H22N4O. The second-order valence-electron chi connectivity index (χ2n) is 5.96. The monoisotopic (exact) mass is 346 g/mol. The molecule has 0 aliphatic carbocycles. The van der Waals surface area contributed by atoms with Gasteiger partial charge in [0.1, 0.15) is 0 Å². The quantitative estimate of drug-likeness (QED) is 0.645. The Morgan fingerprint density at radius 2 is 1.65 bits per heavy atom. The van der Waals surface area contributed by atoms with Gasteiger partial charge in [-0.15, -0.1) is 0 Å². The van der Waals surface area contributed by atoms with Crippen LogP contribution in [0.25, 0.3) is 0 Å². The van der Waals surface area contributed by atoms with Crippen molar-refractivity contribution < 1.29 is 4.79 Å². The molecule has 2 N–H and O–H groups in total. The Hall–Kier alpha value is -3.18. The summed E-state index contributed by atoms with van der Waals surface area (Å²) >= 11 is 0. The second kappa shape index (κ2) is 8.78. The molecule has 3 aromatic rings. The lowest BCUT2D eigenvalue weighted by Gasteiger charge is -2.20. The molecule has 0 bridgehead atoms. The van der Waals surface area contributed by atoms with E-state index in [0.29, 0.717) is 12.1 Å². The van der Waals surface area contributed by atoms with Crippen LogP contribution in [0.4, 0.5) is 5.69 Å². The number of hydrazine groups is 1. The first-order valence-corrected chi connectivity index (χ1v) is 8.52. The van der Waals surface area contributed by atoms with Crippen LogP contribution in [0, 0.1) is 0 Å². The number of anilines is 1. The van der Waals surface area contributed by atoms with Gasteiger partial charge in [-0.2, -0.15) is 0 Å². The van der Waals surface area contributed by atoms with Crippen molar-refractivity contribution in [2.75, 3.05) is 12.1 Å². The first-order valence-electron chi connectivity index (χ1n) is 8.52. The number of hydrogen-bond acceptors (Lipinski definition) is 4. The number of carbonyl (C=O) groups is 1. The number of nitrogens with one attached hydrogen (secondary N) is 2. The Bertz CT molecular complexity index is 820. The fraction of sp³-hybridized carbons (Fsp3) is 0.143. The molecule has 2 aromatic carbocycles. The maximum absolute atomic E-state index is 12.4. The van der Waals surface area contributed by atoms with Gasteiger partial charge in [-0.3, -0.25) is 20.2 Å². The van der Waals surface area contributed by atoms with E-state index in [2.05, 4.69) is 15.7 Å². The lowest BCUT2D eigenvalue weighted by atomic mass is 10.1.